The first-order chi connectivity index (χ1) is 7.14. The summed E-state index contributed by atoms with van der Waals surface area (Å²) >= 11 is 5.76. The zero-order valence-corrected chi connectivity index (χ0v) is 11.0. The second-order valence-electron chi connectivity index (χ2n) is 3.17. The monoisotopic (exact) mass is 283 g/mol. The van der Waals surface area contributed by atoms with E-state index in [1.165, 1.54) is 18.2 Å². The molecule has 0 fully saturated rings. The Kier molecular flexibility index (Phi) is 3.51. The minimum atomic E-state index is -3.94. The predicted molar refractivity (Wildman–Crippen MR) is 63.6 cm³/mol. The van der Waals surface area contributed by atoms with Gasteiger partial charge in [-0.15, -0.1) is 0 Å². The Labute approximate surface area is 99.7 Å². The van der Waals surface area contributed by atoms with Crippen LogP contribution >= 0.6 is 11.6 Å². The highest BCUT2D eigenvalue weighted by atomic mass is 35.5. The van der Waals surface area contributed by atoms with Crippen molar-refractivity contribution in [3.8, 4) is 0 Å². The van der Waals surface area contributed by atoms with E-state index >= 15 is 0 Å². The van der Waals surface area contributed by atoms with Crippen molar-refractivity contribution in [1.29, 1.82) is 0 Å². The fourth-order valence-corrected chi connectivity index (χ4v) is 4.52. The topological polar surface area (TPSA) is 71.5 Å². The van der Waals surface area contributed by atoms with Gasteiger partial charge in [0, 0.05) is 0 Å². The van der Waals surface area contributed by atoms with Crippen molar-refractivity contribution >= 4 is 37.3 Å². The van der Waals surface area contributed by atoms with Crippen LogP contribution in [0.5, 0.6) is 0 Å². The third kappa shape index (κ3) is 2.87. The summed E-state index contributed by atoms with van der Waals surface area (Å²) in [5.74, 6) is 0. The molecule has 0 aromatic heterocycles. The number of anilines is 1. The summed E-state index contributed by atoms with van der Waals surface area (Å²) in [6, 6.07) is 5.82. The van der Waals surface area contributed by atoms with E-state index in [9.17, 15) is 16.8 Å². The van der Waals surface area contributed by atoms with E-state index in [0.29, 0.717) is 3.71 Å². The number of halogens is 1. The molecule has 0 radical (unpaired) electrons. The minimum absolute atomic E-state index is 0.0540. The van der Waals surface area contributed by atoms with Gasteiger partial charge in [-0.1, -0.05) is 23.7 Å². The summed E-state index contributed by atoms with van der Waals surface area (Å²) < 4.78 is 46.0. The number of rotatable bonds is 3. The van der Waals surface area contributed by atoms with E-state index in [-0.39, 0.29) is 10.7 Å². The molecule has 0 aliphatic heterocycles. The van der Waals surface area contributed by atoms with Crippen molar-refractivity contribution in [3.05, 3.63) is 29.3 Å². The van der Waals surface area contributed by atoms with Crippen LogP contribution in [0.4, 0.5) is 5.69 Å². The normalized spacial score (nSPS) is 12.4. The van der Waals surface area contributed by atoms with Gasteiger partial charge in [0.2, 0.25) is 20.0 Å². The van der Waals surface area contributed by atoms with Crippen molar-refractivity contribution in [2.75, 3.05) is 16.2 Å². The van der Waals surface area contributed by atoms with Crippen LogP contribution in [-0.4, -0.2) is 29.3 Å². The Bertz CT molecular complexity index is 562. The quantitative estimate of drug-likeness (QED) is 0.832. The number of nitrogens with zero attached hydrogens (tertiary/aromatic N) is 1. The molecule has 8 heteroatoms. The lowest BCUT2D eigenvalue weighted by atomic mass is 10.3. The SMILES string of the molecule is CS(=O)(=O)N(c1ccccc1Cl)S(C)(=O)=O. The Morgan fingerprint density at radius 1 is 1.00 bits per heavy atom. The van der Waals surface area contributed by atoms with Gasteiger partial charge in [-0.3, -0.25) is 0 Å². The maximum Gasteiger partial charge on any atom is 0.245 e. The molecule has 0 N–H and O–H groups in total. The summed E-state index contributed by atoms with van der Waals surface area (Å²) in [4.78, 5) is 0. The molecule has 0 unspecified atom stereocenters. The largest absolute Gasteiger partial charge is 0.245 e. The van der Waals surface area contributed by atoms with Crippen molar-refractivity contribution < 1.29 is 16.8 Å². The zero-order valence-electron chi connectivity index (χ0n) is 8.58. The van der Waals surface area contributed by atoms with Crippen LogP contribution in [-0.2, 0) is 20.0 Å². The highest BCUT2D eigenvalue weighted by Gasteiger charge is 2.28. The van der Waals surface area contributed by atoms with E-state index in [4.69, 9.17) is 11.6 Å². The van der Waals surface area contributed by atoms with Crippen molar-refractivity contribution in [2.24, 2.45) is 0 Å². The predicted octanol–water partition coefficient (Wildman–Crippen LogP) is 1.07. The van der Waals surface area contributed by atoms with E-state index in [2.05, 4.69) is 0 Å². The van der Waals surface area contributed by atoms with Gasteiger partial charge in [-0.2, -0.15) is 3.71 Å². The van der Waals surface area contributed by atoms with Gasteiger partial charge < -0.3 is 0 Å². The van der Waals surface area contributed by atoms with Crippen LogP contribution in [0.2, 0.25) is 5.02 Å². The molecule has 16 heavy (non-hydrogen) atoms. The summed E-state index contributed by atoms with van der Waals surface area (Å²) in [5, 5.41) is 0.0540. The molecule has 90 valence electrons. The maximum absolute atomic E-state index is 11.4. The molecule has 1 aromatic rings. The lowest BCUT2D eigenvalue weighted by Crippen LogP contribution is -2.35. The van der Waals surface area contributed by atoms with Crippen LogP contribution in [0, 0.1) is 0 Å². The summed E-state index contributed by atoms with van der Waals surface area (Å²) in [7, 11) is -7.87. The fourth-order valence-electron chi connectivity index (χ4n) is 1.20. The van der Waals surface area contributed by atoms with Crippen molar-refractivity contribution in [3.63, 3.8) is 0 Å². The Balaban J connectivity index is 3.54. The van der Waals surface area contributed by atoms with Crippen LogP contribution in [0.1, 0.15) is 0 Å². The average Bonchev–Trinajstić information content (AvgIpc) is 2.03. The number of benzene rings is 1. The number of sulfonamides is 2. The van der Waals surface area contributed by atoms with E-state index < -0.39 is 20.0 Å². The molecule has 0 aliphatic rings. The van der Waals surface area contributed by atoms with Gasteiger partial charge in [-0.25, -0.2) is 16.8 Å². The second-order valence-corrected chi connectivity index (χ2v) is 7.48. The molecule has 0 spiro atoms. The van der Waals surface area contributed by atoms with Crippen molar-refractivity contribution in [1.82, 2.24) is 0 Å². The standard InChI is InChI=1S/C8H10ClNO4S2/c1-15(11,12)10(16(2,13)14)8-6-4-3-5-7(8)9/h3-6H,1-2H3. The molecule has 0 aliphatic carbocycles. The van der Waals surface area contributed by atoms with Gasteiger partial charge >= 0.3 is 0 Å². The van der Waals surface area contributed by atoms with E-state index in [1.807, 2.05) is 0 Å². The second kappa shape index (κ2) is 4.23. The van der Waals surface area contributed by atoms with Crippen LogP contribution in [0.3, 0.4) is 0 Å². The highest BCUT2D eigenvalue weighted by Crippen LogP contribution is 2.28. The average molecular weight is 284 g/mol. The van der Waals surface area contributed by atoms with E-state index in [0.717, 1.165) is 12.5 Å². The molecule has 0 saturated heterocycles. The Morgan fingerprint density at radius 3 is 1.81 bits per heavy atom. The van der Waals surface area contributed by atoms with Gasteiger partial charge in [0.25, 0.3) is 0 Å². The first-order valence-corrected chi connectivity index (χ1v) is 8.16. The van der Waals surface area contributed by atoms with Gasteiger partial charge in [-0.05, 0) is 12.1 Å². The molecular weight excluding hydrogens is 274 g/mol. The number of para-hydroxylation sites is 1. The minimum Gasteiger partial charge on any atom is -0.206 e. The number of hydrogen-bond donors (Lipinski definition) is 0. The van der Waals surface area contributed by atoms with E-state index in [1.54, 1.807) is 6.07 Å². The molecule has 0 atom stereocenters. The highest BCUT2D eigenvalue weighted by molar-refractivity contribution is 8.09. The third-order valence-corrected chi connectivity index (χ3v) is 5.19. The molecule has 0 bridgehead atoms. The molecule has 1 rings (SSSR count). The summed E-state index contributed by atoms with van der Waals surface area (Å²) in [6.07, 6.45) is 1.61. The van der Waals surface area contributed by atoms with Gasteiger partial charge in [0.15, 0.2) is 0 Å². The lowest BCUT2D eigenvalue weighted by Gasteiger charge is -2.20. The van der Waals surface area contributed by atoms with Crippen LogP contribution < -0.4 is 3.71 Å². The van der Waals surface area contributed by atoms with Gasteiger partial charge in [0.05, 0.1) is 23.2 Å². The Hall–Kier alpha value is -0.790. The maximum atomic E-state index is 11.4. The molecule has 0 amide bonds. The lowest BCUT2D eigenvalue weighted by molar-refractivity contribution is 0.590. The molecular formula is C8H10ClNO4S2. The first kappa shape index (κ1) is 13.3. The molecule has 0 heterocycles. The number of hydrogen-bond acceptors (Lipinski definition) is 4. The summed E-state index contributed by atoms with van der Waals surface area (Å²) in [5.41, 5.74) is -0.0748. The van der Waals surface area contributed by atoms with Crippen LogP contribution in [0.25, 0.3) is 0 Å². The summed E-state index contributed by atoms with van der Waals surface area (Å²) in [6.45, 7) is 0. The molecule has 1 aromatic carbocycles. The van der Waals surface area contributed by atoms with Crippen molar-refractivity contribution in [2.45, 2.75) is 0 Å². The fraction of sp³-hybridized carbons (Fsp3) is 0.250. The third-order valence-electron chi connectivity index (χ3n) is 1.65. The van der Waals surface area contributed by atoms with Crippen LogP contribution in [0.15, 0.2) is 24.3 Å². The first-order valence-electron chi connectivity index (χ1n) is 4.09. The smallest absolute Gasteiger partial charge is 0.206 e. The zero-order chi connectivity index (χ0) is 12.6. The Morgan fingerprint density at radius 2 is 1.44 bits per heavy atom. The van der Waals surface area contributed by atoms with Gasteiger partial charge in [0.1, 0.15) is 0 Å². The molecule has 0 saturated carbocycles. The molecule has 5 nitrogen and oxygen atoms in total.